The highest BCUT2D eigenvalue weighted by atomic mass is 16.6. The van der Waals surface area contributed by atoms with E-state index >= 15 is 0 Å². The van der Waals surface area contributed by atoms with Gasteiger partial charge < -0.3 is 4.84 Å². The minimum atomic E-state index is 0.791. The van der Waals surface area contributed by atoms with Crippen molar-refractivity contribution in [1.29, 1.82) is 0 Å². The van der Waals surface area contributed by atoms with Gasteiger partial charge in [-0.3, -0.25) is 0 Å². The van der Waals surface area contributed by atoms with E-state index in [1.165, 1.54) is 31.4 Å². The molecule has 1 saturated carbocycles. The molecule has 1 heterocycles. The summed E-state index contributed by atoms with van der Waals surface area (Å²) in [6.07, 6.45) is 5.07. The van der Waals surface area contributed by atoms with E-state index in [4.69, 9.17) is 4.84 Å². The largest absolute Gasteiger partial charge is 0.396 e. The van der Waals surface area contributed by atoms with E-state index in [1.807, 2.05) is 0 Å². The first kappa shape index (κ1) is 5.27. The van der Waals surface area contributed by atoms with Crippen molar-refractivity contribution >= 4 is 5.71 Å². The summed E-state index contributed by atoms with van der Waals surface area (Å²) in [6.45, 7) is 0.841. The van der Waals surface area contributed by atoms with E-state index < -0.39 is 0 Å². The molecule has 0 saturated heterocycles. The van der Waals surface area contributed by atoms with Gasteiger partial charge in [0.1, 0.15) is 6.61 Å². The molecular weight excluding hydrogens is 114 g/mol. The molecule has 1 atom stereocenters. The number of oxime groups is 1. The van der Waals surface area contributed by atoms with Crippen LogP contribution in [-0.2, 0) is 4.84 Å². The van der Waals surface area contributed by atoms with Crippen molar-refractivity contribution in [2.45, 2.75) is 25.7 Å². The molecular formula is C7H11NO. The molecule has 1 aliphatic heterocycles. The molecule has 2 rings (SSSR count). The molecule has 0 bridgehead atoms. The molecule has 0 aromatic heterocycles. The number of nitrogens with zero attached hydrogens (tertiary/aromatic N) is 1. The van der Waals surface area contributed by atoms with Crippen molar-refractivity contribution in [2.75, 3.05) is 6.61 Å². The fourth-order valence-corrected chi connectivity index (χ4v) is 1.65. The molecule has 0 N–H and O–H groups in total. The highest BCUT2D eigenvalue weighted by Crippen LogP contribution is 2.27. The van der Waals surface area contributed by atoms with Crippen molar-refractivity contribution in [1.82, 2.24) is 0 Å². The van der Waals surface area contributed by atoms with E-state index in [0.717, 1.165) is 12.5 Å². The summed E-state index contributed by atoms with van der Waals surface area (Å²) in [5.41, 5.74) is 1.32. The van der Waals surface area contributed by atoms with Gasteiger partial charge in [0, 0.05) is 5.92 Å². The first-order chi connectivity index (χ1) is 4.47. The molecule has 2 aliphatic rings. The Labute approximate surface area is 54.9 Å². The zero-order valence-electron chi connectivity index (χ0n) is 5.47. The first-order valence-corrected chi connectivity index (χ1v) is 3.65. The van der Waals surface area contributed by atoms with Gasteiger partial charge in [0.25, 0.3) is 0 Å². The van der Waals surface area contributed by atoms with E-state index in [0.29, 0.717) is 0 Å². The third-order valence-corrected chi connectivity index (χ3v) is 2.20. The van der Waals surface area contributed by atoms with Gasteiger partial charge in [-0.05, 0) is 25.7 Å². The Kier molecular flexibility index (Phi) is 1.18. The maximum atomic E-state index is 4.97. The summed E-state index contributed by atoms with van der Waals surface area (Å²) in [5, 5.41) is 4.01. The van der Waals surface area contributed by atoms with E-state index in [9.17, 15) is 0 Å². The minimum absolute atomic E-state index is 0.791. The van der Waals surface area contributed by atoms with Crippen molar-refractivity contribution < 1.29 is 4.84 Å². The smallest absolute Gasteiger partial charge is 0.117 e. The van der Waals surface area contributed by atoms with Gasteiger partial charge in [-0.2, -0.15) is 0 Å². The first-order valence-electron chi connectivity index (χ1n) is 3.65. The van der Waals surface area contributed by atoms with Crippen LogP contribution in [0.25, 0.3) is 0 Å². The van der Waals surface area contributed by atoms with Crippen molar-refractivity contribution in [3.8, 4) is 0 Å². The average molecular weight is 125 g/mol. The number of rotatable bonds is 0. The molecule has 0 aromatic rings. The number of fused-ring (bicyclic) bond motifs is 1. The molecule has 0 radical (unpaired) electrons. The Balaban J connectivity index is 2.16. The van der Waals surface area contributed by atoms with Crippen LogP contribution in [0.2, 0.25) is 0 Å². The maximum Gasteiger partial charge on any atom is 0.117 e. The van der Waals surface area contributed by atoms with Crippen LogP contribution in [0, 0.1) is 5.92 Å². The maximum absolute atomic E-state index is 4.97. The Morgan fingerprint density at radius 1 is 1.44 bits per heavy atom. The molecule has 1 unspecified atom stereocenters. The van der Waals surface area contributed by atoms with E-state index in [2.05, 4.69) is 5.16 Å². The SMILES string of the molecule is C1CC2=NOCCC2C1. The predicted molar refractivity (Wildman–Crippen MR) is 35.3 cm³/mol. The molecule has 2 nitrogen and oxygen atoms in total. The Bertz CT molecular complexity index is 142. The van der Waals surface area contributed by atoms with Crippen LogP contribution in [0.1, 0.15) is 25.7 Å². The summed E-state index contributed by atoms with van der Waals surface area (Å²) in [4.78, 5) is 4.97. The summed E-state index contributed by atoms with van der Waals surface area (Å²) in [5.74, 6) is 0.791. The topological polar surface area (TPSA) is 21.6 Å². The van der Waals surface area contributed by atoms with Gasteiger partial charge in [-0.25, -0.2) is 0 Å². The highest BCUT2D eigenvalue weighted by molar-refractivity contribution is 5.88. The summed E-state index contributed by atoms with van der Waals surface area (Å²) in [7, 11) is 0. The Morgan fingerprint density at radius 2 is 2.44 bits per heavy atom. The Morgan fingerprint density at radius 3 is 3.33 bits per heavy atom. The van der Waals surface area contributed by atoms with Crippen molar-refractivity contribution in [3.63, 3.8) is 0 Å². The van der Waals surface area contributed by atoms with E-state index in [1.54, 1.807) is 0 Å². The molecule has 0 amide bonds. The second-order valence-corrected chi connectivity index (χ2v) is 2.79. The van der Waals surface area contributed by atoms with Gasteiger partial charge in [-0.1, -0.05) is 5.16 Å². The number of hydrogen-bond acceptors (Lipinski definition) is 2. The summed E-state index contributed by atoms with van der Waals surface area (Å²) >= 11 is 0. The molecule has 50 valence electrons. The molecule has 2 heteroatoms. The van der Waals surface area contributed by atoms with Gasteiger partial charge in [0.15, 0.2) is 0 Å². The Hall–Kier alpha value is -0.530. The lowest BCUT2D eigenvalue weighted by atomic mass is 10.0. The van der Waals surface area contributed by atoms with Crippen LogP contribution in [0.15, 0.2) is 5.16 Å². The van der Waals surface area contributed by atoms with Crippen LogP contribution in [0.5, 0.6) is 0 Å². The fraction of sp³-hybridized carbons (Fsp3) is 0.857. The van der Waals surface area contributed by atoms with Crippen LogP contribution in [-0.4, -0.2) is 12.3 Å². The molecule has 9 heavy (non-hydrogen) atoms. The second-order valence-electron chi connectivity index (χ2n) is 2.79. The van der Waals surface area contributed by atoms with Gasteiger partial charge in [0.2, 0.25) is 0 Å². The lowest BCUT2D eigenvalue weighted by Crippen LogP contribution is -2.14. The van der Waals surface area contributed by atoms with Gasteiger partial charge in [-0.15, -0.1) is 0 Å². The zero-order chi connectivity index (χ0) is 6.10. The third kappa shape index (κ3) is 0.824. The quantitative estimate of drug-likeness (QED) is 0.481. The molecule has 1 fully saturated rings. The van der Waals surface area contributed by atoms with Crippen LogP contribution < -0.4 is 0 Å². The third-order valence-electron chi connectivity index (χ3n) is 2.20. The molecule has 0 aromatic carbocycles. The van der Waals surface area contributed by atoms with Gasteiger partial charge in [0.05, 0.1) is 5.71 Å². The lowest BCUT2D eigenvalue weighted by molar-refractivity contribution is 0.119. The minimum Gasteiger partial charge on any atom is -0.396 e. The van der Waals surface area contributed by atoms with E-state index in [-0.39, 0.29) is 0 Å². The lowest BCUT2D eigenvalue weighted by Gasteiger charge is -2.14. The standard InChI is InChI=1S/C7H11NO/c1-2-6-4-5-9-8-7(6)3-1/h6H,1-5H2. The van der Waals surface area contributed by atoms with Gasteiger partial charge >= 0.3 is 0 Å². The monoisotopic (exact) mass is 125 g/mol. The normalized spacial score (nSPS) is 32.9. The predicted octanol–water partition coefficient (Wildman–Crippen LogP) is 1.56. The molecule has 1 aliphatic carbocycles. The van der Waals surface area contributed by atoms with Crippen LogP contribution >= 0.6 is 0 Å². The average Bonchev–Trinajstić information content (AvgIpc) is 2.33. The fourth-order valence-electron chi connectivity index (χ4n) is 1.65. The number of hydrogen-bond donors (Lipinski definition) is 0. The van der Waals surface area contributed by atoms with Crippen LogP contribution in [0.4, 0.5) is 0 Å². The highest BCUT2D eigenvalue weighted by Gasteiger charge is 2.25. The van der Waals surface area contributed by atoms with Crippen molar-refractivity contribution in [2.24, 2.45) is 11.1 Å². The zero-order valence-corrected chi connectivity index (χ0v) is 5.47. The van der Waals surface area contributed by atoms with Crippen molar-refractivity contribution in [3.05, 3.63) is 0 Å². The summed E-state index contributed by atoms with van der Waals surface area (Å²) < 4.78 is 0. The van der Waals surface area contributed by atoms with Crippen LogP contribution in [0.3, 0.4) is 0 Å². The second kappa shape index (κ2) is 2.01. The molecule has 0 spiro atoms. The summed E-state index contributed by atoms with van der Waals surface area (Å²) in [6, 6.07) is 0.